The van der Waals surface area contributed by atoms with Crippen molar-refractivity contribution in [3.8, 4) is 11.5 Å². The standard InChI is InChI=1S/C26H20BrIN2O5/c1-15-3-9-19(10-4-15)30-25(32)20(24(31)29-26(30)33)11-17-12-21(27)23(22(13-17)34-2)35-14-16-5-7-18(28)8-6-16/h3-13H,14H2,1-2H3,(H,29,31,33)/b20-11+. The van der Waals surface area contributed by atoms with Crippen molar-refractivity contribution in [3.05, 3.63) is 91.0 Å². The van der Waals surface area contributed by atoms with Crippen molar-refractivity contribution >= 4 is 68.1 Å². The zero-order valence-electron chi connectivity index (χ0n) is 18.8. The fourth-order valence-corrected chi connectivity index (χ4v) is 4.39. The molecule has 4 amide bonds. The molecule has 0 unspecified atom stereocenters. The summed E-state index contributed by atoms with van der Waals surface area (Å²) in [6.45, 7) is 2.23. The van der Waals surface area contributed by atoms with Gasteiger partial charge in [-0.3, -0.25) is 14.9 Å². The highest BCUT2D eigenvalue weighted by molar-refractivity contribution is 14.1. The number of rotatable bonds is 6. The molecule has 35 heavy (non-hydrogen) atoms. The van der Waals surface area contributed by atoms with Crippen LogP contribution in [0.3, 0.4) is 0 Å². The second-order valence-corrected chi connectivity index (χ2v) is 9.84. The van der Waals surface area contributed by atoms with E-state index in [1.165, 1.54) is 13.2 Å². The summed E-state index contributed by atoms with van der Waals surface area (Å²) in [5.74, 6) is -0.565. The number of methoxy groups -OCH3 is 1. The number of nitrogens with zero attached hydrogens (tertiary/aromatic N) is 1. The molecule has 3 aromatic rings. The molecule has 0 saturated carbocycles. The van der Waals surface area contributed by atoms with Crippen LogP contribution in [0.1, 0.15) is 16.7 Å². The van der Waals surface area contributed by atoms with Gasteiger partial charge in [-0.15, -0.1) is 0 Å². The Morgan fingerprint density at radius 2 is 1.71 bits per heavy atom. The Morgan fingerprint density at radius 3 is 2.37 bits per heavy atom. The molecule has 3 aromatic carbocycles. The molecule has 0 spiro atoms. The van der Waals surface area contributed by atoms with Crippen molar-refractivity contribution in [1.29, 1.82) is 0 Å². The van der Waals surface area contributed by atoms with Crippen LogP contribution in [-0.4, -0.2) is 25.0 Å². The van der Waals surface area contributed by atoms with Gasteiger partial charge in [-0.1, -0.05) is 29.8 Å². The minimum Gasteiger partial charge on any atom is -0.493 e. The molecular weight excluding hydrogens is 627 g/mol. The van der Waals surface area contributed by atoms with Gasteiger partial charge < -0.3 is 9.47 Å². The maximum Gasteiger partial charge on any atom is 0.335 e. The number of carbonyl (C=O) groups excluding carboxylic acids is 3. The third-order valence-corrected chi connectivity index (χ3v) is 6.56. The lowest BCUT2D eigenvalue weighted by Gasteiger charge is -2.26. The van der Waals surface area contributed by atoms with Crippen LogP contribution in [-0.2, 0) is 16.2 Å². The average molecular weight is 647 g/mol. The van der Waals surface area contributed by atoms with Gasteiger partial charge >= 0.3 is 6.03 Å². The molecule has 0 aliphatic carbocycles. The molecule has 0 bridgehead atoms. The maximum atomic E-state index is 13.1. The molecule has 7 nitrogen and oxygen atoms in total. The third kappa shape index (κ3) is 5.57. The van der Waals surface area contributed by atoms with E-state index in [0.717, 1.165) is 19.6 Å². The van der Waals surface area contributed by atoms with Crippen LogP contribution in [0.5, 0.6) is 11.5 Å². The number of imide groups is 2. The van der Waals surface area contributed by atoms with Gasteiger partial charge in [0.2, 0.25) is 0 Å². The SMILES string of the molecule is COc1cc(/C=C2\C(=O)NC(=O)N(c3ccc(C)cc3)C2=O)cc(Br)c1OCc1ccc(I)cc1. The molecule has 1 heterocycles. The summed E-state index contributed by atoms with van der Waals surface area (Å²) in [5.41, 5.74) is 2.69. The number of ether oxygens (including phenoxy) is 2. The van der Waals surface area contributed by atoms with Crippen LogP contribution in [0.25, 0.3) is 6.08 Å². The molecular formula is C26H20BrIN2O5. The number of hydrogen-bond acceptors (Lipinski definition) is 5. The first kappa shape index (κ1) is 24.9. The summed E-state index contributed by atoms with van der Waals surface area (Å²) in [6.07, 6.45) is 1.42. The van der Waals surface area contributed by atoms with Gasteiger partial charge in [0.1, 0.15) is 12.2 Å². The predicted molar refractivity (Wildman–Crippen MR) is 144 cm³/mol. The van der Waals surface area contributed by atoms with Crippen LogP contribution < -0.4 is 19.7 Å². The van der Waals surface area contributed by atoms with Gasteiger partial charge in [-0.05, 0) is 99.0 Å². The average Bonchev–Trinajstić information content (AvgIpc) is 2.83. The number of carbonyl (C=O) groups is 3. The molecule has 1 saturated heterocycles. The number of halogens is 2. The number of anilines is 1. The van der Waals surface area contributed by atoms with Crippen LogP contribution >= 0.6 is 38.5 Å². The van der Waals surface area contributed by atoms with E-state index in [2.05, 4.69) is 43.8 Å². The Bertz CT molecular complexity index is 1340. The molecule has 1 fully saturated rings. The van der Waals surface area contributed by atoms with E-state index in [0.29, 0.717) is 33.8 Å². The first-order valence-corrected chi connectivity index (χ1v) is 12.4. The maximum absolute atomic E-state index is 13.1. The summed E-state index contributed by atoms with van der Waals surface area (Å²) >= 11 is 5.74. The number of benzene rings is 3. The zero-order chi connectivity index (χ0) is 25.1. The number of urea groups is 1. The van der Waals surface area contributed by atoms with Crippen LogP contribution in [0.15, 0.2) is 70.7 Å². The summed E-state index contributed by atoms with van der Waals surface area (Å²) in [6, 6.07) is 17.4. The Morgan fingerprint density at radius 1 is 1.03 bits per heavy atom. The van der Waals surface area contributed by atoms with Crippen molar-refractivity contribution < 1.29 is 23.9 Å². The van der Waals surface area contributed by atoms with Crippen molar-refractivity contribution in [2.75, 3.05) is 12.0 Å². The smallest absolute Gasteiger partial charge is 0.335 e. The summed E-state index contributed by atoms with van der Waals surface area (Å²) in [5, 5.41) is 2.23. The predicted octanol–water partition coefficient (Wildman–Crippen LogP) is 5.62. The van der Waals surface area contributed by atoms with Gasteiger partial charge in [0.25, 0.3) is 11.8 Å². The number of nitrogens with one attached hydrogen (secondary N) is 1. The van der Waals surface area contributed by atoms with E-state index in [1.54, 1.807) is 36.4 Å². The highest BCUT2D eigenvalue weighted by Crippen LogP contribution is 2.38. The molecule has 0 atom stereocenters. The summed E-state index contributed by atoms with van der Waals surface area (Å²) in [4.78, 5) is 39.0. The third-order valence-electron chi connectivity index (χ3n) is 5.25. The topological polar surface area (TPSA) is 84.9 Å². The monoisotopic (exact) mass is 646 g/mol. The molecule has 9 heteroatoms. The number of aryl methyl sites for hydroxylation is 1. The Labute approximate surface area is 224 Å². The lowest BCUT2D eigenvalue weighted by atomic mass is 10.1. The van der Waals surface area contributed by atoms with Gasteiger partial charge in [-0.25, -0.2) is 9.69 Å². The summed E-state index contributed by atoms with van der Waals surface area (Å²) in [7, 11) is 1.51. The lowest BCUT2D eigenvalue weighted by molar-refractivity contribution is -0.122. The molecule has 1 aliphatic rings. The molecule has 1 aliphatic heterocycles. The Hall–Kier alpha value is -3.18. The second kappa shape index (κ2) is 10.6. The lowest BCUT2D eigenvalue weighted by Crippen LogP contribution is -2.54. The van der Waals surface area contributed by atoms with Gasteiger partial charge in [-0.2, -0.15) is 0 Å². The van der Waals surface area contributed by atoms with E-state index in [4.69, 9.17) is 9.47 Å². The van der Waals surface area contributed by atoms with Crippen molar-refractivity contribution in [2.24, 2.45) is 0 Å². The van der Waals surface area contributed by atoms with E-state index >= 15 is 0 Å². The fraction of sp³-hybridized carbons (Fsp3) is 0.115. The van der Waals surface area contributed by atoms with Crippen LogP contribution in [0.4, 0.5) is 10.5 Å². The van der Waals surface area contributed by atoms with Crippen molar-refractivity contribution in [1.82, 2.24) is 5.32 Å². The van der Waals surface area contributed by atoms with E-state index < -0.39 is 17.8 Å². The Balaban J connectivity index is 1.63. The van der Waals surface area contributed by atoms with Gasteiger partial charge in [0.05, 0.1) is 17.3 Å². The van der Waals surface area contributed by atoms with Crippen molar-refractivity contribution in [3.63, 3.8) is 0 Å². The quantitative estimate of drug-likeness (QED) is 0.214. The largest absolute Gasteiger partial charge is 0.493 e. The minimum atomic E-state index is -0.792. The zero-order valence-corrected chi connectivity index (χ0v) is 22.5. The highest BCUT2D eigenvalue weighted by atomic mass is 127. The van der Waals surface area contributed by atoms with Gasteiger partial charge in [0, 0.05) is 3.57 Å². The molecule has 1 N–H and O–H groups in total. The van der Waals surface area contributed by atoms with E-state index in [-0.39, 0.29) is 5.57 Å². The number of amides is 4. The first-order chi connectivity index (χ1) is 16.8. The normalized spacial score (nSPS) is 14.8. The minimum absolute atomic E-state index is 0.174. The van der Waals surface area contributed by atoms with Gasteiger partial charge in [0.15, 0.2) is 11.5 Å². The fourth-order valence-electron chi connectivity index (χ4n) is 3.45. The molecule has 4 rings (SSSR count). The van der Waals surface area contributed by atoms with E-state index in [1.807, 2.05) is 31.2 Å². The Kier molecular flexibility index (Phi) is 7.56. The first-order valence-electron chi connectivity index (χ1n) is 10.5. The second-order valence-electron chi connectivity index (χ2n) is 7.74. The molecule has 0 aromatic heterocycles. The number of barbiturate groups is 1. The molecule has 178 valence electrons. The van der Waals surface area contributed by atoms with Crippen molar-refractivity contribution in [2.45, 2.75) is 13.5 Å². The number of hydrogen-bond donors (Lipinski definition) is 1. The van der Waals surface area contributed by atoms with E-state index in [9.17, 15) is 14.4 Å². The molecule has 0 radical (unpaired) electrons. The summed E-state index contributed by atoms with van der Waals surface area (Å²) < 4.78 is 13.2. The van der Waals surface area contributed by atoms with Crippen LogP contribution in [0, 0.1) is 10.5 Å². The van der Waals surface area contributed by atoms with Crippen LogP contribution in [0.2, 0.25) is 0 Å². The highest BCUT2D eigenvalue weighted by Gasteiger charge is 2.36.